The van der Waals surface area contributed by atoms with Crippen LogP contribution in [-0.2, 0) is 4.79 Å². The highest BCUT2D eigenvalue weighted by atomic mass is 16.5. The molecular formula is C25H24N2O3. The van der Waals surface area contributed by atoms with E-state index in [-0.39, 0.29) is 17.7 Å². The van der Waals surface area contributed by atoms with E-state index in [0.29, 0.717) is 24.4 Å². The van der Waals surface area contributed by atoms with Gasteiger partial charge in [0.2, 0.25) is 5.91 Å². The van der Waals surface area contributed by atoms with Crippen molar-refractivity contribution in [2.24, 2.45) is 5.92 Å². The number of carbonyl (C=O) groups is 2. The van der Waals surface area contributed by atoms with Crippen LogP contribution in [0.3, 0.4) is 0 Å². The van der Waals surface area contributed by atoms with Crippen molar-refractivity contribution in [3.8, 4) is 11.5 Å². The van der Waals surface area contributed by atoms with Gasteiger partial charge in [0, 0.05) is 24.3 Å². The SMILES string of the molecule is O=C(Nc1ccccc1)C1CCCN(C(=O)c2cccc(Oc3ccccc3)c2)C1. The molecule has 30 heavy (non-hydrogen) atoms. The number of likely N-dealkylation sites (tertiary alicyclic amines) is 1. The van der Waals surface area contributed by atoms with Gasteiger partial charge in [-0.1, -0.05) is 42.5 Å². The fourth-order valence-electron chi connectivity index (χ4n) is 3.64. The van der Waals surface area contributed by atoms with Crippen LogP contribution in [0.2, 0.25) is 0 Å². The van der Waals surface area contributed by atoms with Crippen LogP contribution in [0.1, 0.15) is 23.2 Å². The van der Waals surface area contributed by atoms with Gasteiger partial charge in [-0.15, -0.1) is 0 Å². The fraction of sp³-hybridized carbons (Fsp3) is 0.200. The number of ether oxygens (including phenoxy) is 1. The van der Waals surface area contributed by atoms with Gasteiger partial charge in [0.15, 0.2) is 0 Å². The summed E-state index contributed by atoms with van der Waals surface area (Å²) < 4.78 is 5.85. The van der Waals surface area contributed by atoms with Crippen molar-refractivity contribution in [3.63, 3.8) is 0 Å². The van der Waals surface area contributed by atoms with E-state index in [4.69, 9.17) is 4.74 Å². The van der Waals surface area contributed by atoms with Crippen molar-refractivity contribution < 1.29 is 14.3 Å². The molecule has 1 atom stereocenters. The smallest absolute Gasteiger partial charge is 0.254 e. The topological polar surface area (TPSA) is 58.6 Å². The first-order valence-corrected chi connectivity index (χ1v) is 10.2. The molecule has 1 unspecified atom stereocenters. The molecule has 1 saturated heterocycles. The Morgan fingerprint density at radius 2 is 1.57 bits per heavy atom. The summed E-state index contributed by atoms with van der Waals surface area (Å²) in [5.74, 6) is 0.998. The minimum atomic E-state index is -0.216. The van der Waals surface area contributed by atoms with Crippen LogP contribution >= 0.6 is 0 Å². The number of piperidine rings is 1. The van der Waals surface area contributed by atoms with Gasteiger partial charge in [0.05, 0.1) is 5.92 Å². The quantitative estimate of drug-likeness (QED) is 0.658. The Hall–Kier alpha value is -3.60. The second-order valence-corrected chi connectivity index (χ2v) is 7.39. The van der Waals surface area contributed by atoms with Crippen LogP contribution < -0.4 is 10.1 Å². The number of hydrogen-bond donors (Lipinski definition) is 1. The molecule has 1 fully saturated rings. The average molecular weight is 400 g/mol. The van der Waals surface area contributed by atoms with Crippen molar-refractivity contribution in [3.05, 3.63) is 90.5 Å². The third-order valence-corrected chi connectivity index (χ3v) is 5.18. The van der Waals surface area contributed by atoms with E-state index in [2.05, 4.69) is 5.32 Å². The molecule has 3 aromatic rings. The maximum absolute atomic E-state index is 13.1. The summed E-state index contributed by atoms with van der Waals surface area (Å²) in [6.45, 7) is 1.07. The van der Waals surface area contributed by atoms with Gasteiger partial charge in [-0.05, 0) is 55.3 Å². The number of nitrogens with one attached hydrogen (secondary N) is 1. The van der Waals surface area contributed by atoms with Crippen LogP contribution in [0.15, 0.2) is 84.9 Å². The van der Waals surface area contributed by atoms with Gasteiger partial charge >= 0.3 is 0 Å². The Kier molecular flexibility index (Phi) is 6.09. The molecule has 5 heteroatoms. The molecule has 2 amide bonds. The number of nitrogens with zero attached hydrogens (tertiary/aromatic N) is 1. The first-order chi connectivity index (χ1) is 14.7. The third-order valence-electron chi connectivity index (χ3n) is 5.18. The number of anilines is 1. The molecule has 4 rings (SSSR count). The monoisotopic (exact) mass is 400 g/mol. The van der Waals surface area contributed by atoms with E-state index in [0.717, 1.165) is 24.3 Å². The highest BCUT2D eigenvalue weighted by Crippen LogP contribution is 2.24. The van der Waals surface area contributed by atoms with E-state index in [1.165, 1.54) is 0 Å². The highest BCUT2D eigenvalue weighted by molar-refractivity contribution is 5.96. The van der Waals surface area contributed by atoms with Gasteiger partial charge in [-0.3, -0.25) is 9.59 Å². The number of benzene rings is 3. The summed E-state index contributed by atoms with van der Waals surface area (Å²) in [7, 11) is 0. The van der Waals surface area contributed by atoms with Crippen LogP contribution in [0.4, 0.5) is 5.69 Å². The van der Waals surface area contributed by atoms with Crippen LogP contribution in [-0.4, -0.2) is 29.8 Å². The molecule has 0 aromatic heterocycles. The zero-order valence-electron chi connectivity index (χ0n) is 16.7. The number of para-hydroxylation sites is 2. The zero-order chi connectivity index (χ0) is 20.8. The van der Waals surface area contributed by atoms with Gasteiger partial charge in [-0.25, -0.2) is 0 Å². The number of hydrogen-bond acceptors (Lipinski definition) is 3. The molecule has 0 aliphatic carbocycles. The fourth-order valence-corrected chi connectivity index (χ4v) is 3.64. The maximum Gasteiger partial charge on any atom is 0.254 e. The Balaban J connectivity index is 1.41. The van der Waals surface area contributed by atoms with E-state index in [9.17, 15) is 9.59 Å². The normalized spacial score (nSPS) is 16.0. The highest BCUT2D eigenvalue weighted by Gasteiger charge is 2.29. The molecular weight excluding hydrogens is 376 g/mol. The summed E-state index contributed by atoms with van der Waals surface area (Å²) in [6.07, 6.45) is 1.58. The van der Waals surface area contributed by atoms with Crippen molar-refractivity contribution >= 4 is 17.5 Å². The molecule has 1 aliphatic rings. The lowest BCUT2D eigenvalue weighted by molar-refractivity contribution is -0.121. The molecule has 0 radical (unpaired) electrons. The lowest BCUT2D eigenvalue weighted by Crippen LogP contribution is -2.43. The standard InChI is InChI=1S/C25H24N2O3/c28-24(26-21-11-3-1-4-12-21)20-10-8-16-27(18-20)25(29)19-9-7-15-23(17-19)30-22-13-5-2-6-14-22/h1-7,9,11-15,17,20H,8,10,16,18H2,(H,26,28). The molecule has 3 aromatic carbocycles. The van der Waals surface area contributed by atoms with E-state index < -0.39 is 0 Å². The van der Waals surface area contributed by atoms with E-state index >= 15 is 0 Å². The minimum absolute atomic E-state index is 0.0418. The van der Waals surface area contributed by atoms with Crippen LogP contribution in [0.25, 0.3) is 0 Å². The summed E-state index contributed by atoms with van der Waals surface area (Å²) in [6, 6.07) is 26.1. The van der Waals surface area contributed by atoms with Crippen molar-refractivity contribution in [1.29, 1.82) is 0 Å². The zero-order valence-corrected chi connectivity index (χ0v) is 16.7. The molecule has 152 valence electrons. The Labute approximate surface area is 176 Å². The second-order valence-electron chi connectivity index (χ2n) is 7.39. The maximum atomic E-state index is 13.1. The van der Waals surface area contributed by atoms with Gasteiger partial charge in [-0.2, -0.15) is 0 Å². The number of rotatable bonds is 5. The second kappa shape index (κ2) is 9.27. The van der Waals surface area contributed by atoms with E-state index in [1.54, 1.807) is 17.0 Å². The largest absolute Gasteiger partial charge is 0.457 e. The molecule has 1 heterocycles. The van der Waals surface area contributed by atoms with Crippen LogP contribution in [0, 0.1) is 5.92 Å². The predicted molar refractivity (Wildman–Crippen MR) is 117 cm³/mol. The van der Waals surface area contributed by atoms with Gasteiger partial charge in [0.1, 0.15) is 11.5 Å². The average Bonchev–Trinajstić information content (AvgIpc) is 2.80. The van der Waals surface area contributed by atoms with Crippen LogP contribution in [0.5, 0.6) is 11.5 Å². The van der Waals surface area contributed by atoms with Crippen molar-refractivity contribution in [2.45, 2.75) is 12.8 Å². The molecule has 5 nitrogen and oxygen atoms in total. The Morgan fingerprint density at radius 1 is 0.867 bits per heavy atom. The van der Waals surface area contributed by atoms with Crippen molar-refractivity contribution in [1.82, 2.24) is 4.90 Å². The molecule has 1 N–H and O–H groups in total. The first-order valence-electron chi connectivity index (χ1n) is 10.2. The van der Waals surface area contributed by atoms with E-state index in [1.807, 2.05) is 72.8 Å². The number of carbonyl (C=O) groups excluding carboxylic acids is 2. The summed E-state index contributed by atoms with van der Waals surface area (Å²) >= 11 is 0. The summed E-state index contributed by atoms with van der Waals surface area (Å²) in [5.41, 5.74) is 1.34. The predicted octanol–water partition coefficient (Wildman–Crippen LogP) is 4.97. The Bertz CT molecular complexity index is 1010. The molecule has 0 saturated carbocycles. The lowest BCUT2D eigenvalue weighted by atomic mass is 9.96. The summed E-state index contributed by atoms with van der Waals surface area (Å²) in [4.78, 5) is 27.5. The number of amides is 2. The molecule has 1 aliphatic heterocycles. The minimum Gasteiger partial charge on any atom is -0.457 e. The molecule has 0 spiro atoms. The Morgan fingerprint density at radius 3 is 2.33 bits per heavy atom. The molecule has 0 bridgehead atoms. The first kappa shape index (κ1) is 19.7. The van der Waals surface area contributed by atoms with Gasteiger partial charge in [0.25, 0.3) is 5.91 Å². The summed E-state index contributed by atoms with van der Waals surface area (Å²) in [5, 5.41) is 2.95. The lowest BCUT2D eigenvalue weighted by Gasteiger charge is -2.32. The third kappa shape index (κ3) is 4.87. The van der Waals surface area contributed by atoms with Gasteiger partial charge < -0.3 is 15.0 Å². The van der Waals surface area contributed by atoms with Crippen molar-refractivity contribution in [2.75, 3.05) is 18.4 Å².